The van der Waals surface area contributed by atoms with Crippen LogP contribution in [0.15, 0.2) is 83.1 Å². The molecule has 0 atom stereocenters. The van der Waals surface area contributed by atoms with Crippen LogP contribution < -0.4 is 10.6 Å². The normalized spacial score (nSPS) is 10.5. The minimum absolute atomic E-state index is 0.0155. The van der Waals surface area contributed by atoms with Gasteiger partial charge >= 0.3 is 0 Å². The van der Waals surface area contributed by atoms with E-state index in [2.05, 4.69) is 15.6 Å². The molecule has 0 saturated heterocycles. The van der Waals surface area contributed by atoms with Crippen molar-refractivity contribution < 1.29 is 14.5 Å². The summed E-state index contributed by atoms with van der Waals surface area (Å²) in [6, 6.07) is 20.8. The Labute approximate surface area is 209 Å². The van der Waals surface area contributed by atoms with Gasteiger partial charge in [-0.25, -0.2) is 4.98 Å². The van der Waals surface area contributed by atoms with Crippen molar-refractivity contribution in [1.82, 2.24) is 4.98 Å². The summed E-state index contributed by atoms with van der Waals surface area (Å²) in [5.74, 6) is -0.217. The standard InChI is InChI=1S/C25H20N4O4S2/c1-16-5-7-17(8-6-16)24(31)26-19-9-11-21(12-10-19)34-15-23(30)28-25-27-22(14-35-25)18-3-2-4-20(13-18)29(32)33/h2-14H,15H2,1H3,(H,26,31)(H,27,28,30). The monoisotopic (exact) mass is 504 g/mol. The minimum Gasteiger partial charge on any atom is -0.322 e. The van der Waals surface area contributed by atoms with Gasteiger partial charge in [-0.05, 0) is 43.3 Å². The molecule has 8 nitrogen and oxygen atoms in total. The molecule has 0 radical (unpaired) electrons. The molecule has 0 unspecified atom stereocenters. The third-order valence-electron chi connectivity index (χ3n) is 4.90. The summed E-state index contributed by atoms with van der Waals surface area (Å²) in [4.78, 5) is 40.4. The second-order valence-corrected chi connectivity index (χ2v) is 9.43. The van der Waals surface area contributed by atoms with Gasteiger partial charge in [0.25, 0.3) is 11.6 Å². The van der Waals surface area contributed by atoms with Crippen LogP contribution in [0.4, 0.5) is 16.5 Å². The van der Waals surface area contributed by atoms with Gasteiger partial charge in [-0.3, -0.25) is 19.7 Å². The average Bonchev–Trinajstić information content (AvgIpc) is 3.32. The molecule has 0 bridgehead atoms. The van der Waals surface area contributed by atoms with Crippen molar-refractivity contribution in [3.63, 3.8) is 0 Å². The van der Waals surface area contributed by atoms with Crippen LogP contribution in [0, 0.1) is 17.0 Å². The number of benzene rings is 3. The first kappa shape index (κ1) is 24.1. The number of nitro benzene ring substituents is 1. The lowest BCUT2D eigenvalue weighted by molar-refractivity contribution is -0.384. The predicted molar refractivity (Wildman–Crippen MR) is 139 cm³/mol. The molecule has 35 heavy (non-hydrogen) atoms. The zero-order valence-electron chi connectivity index (χ0n) is 18.6. The first-order valence-electron chi connectivity index (χ1n) is 10.5. The Morgan fingerprint density at radius 2 is 1.77 bits per heavy atom. The second kappa shape index (κ2) is 10.9. The highest BCUT2D eigenvalue weighted by Crippen LogP contribution is 2.28. The summed E-state index contributed by atoms with van der Waals surface area (Å²) in [5, 5.41) is 18.7. The number of nitrogens with zero attached hydrogens (tertiary/aromatic N) is 2. The molecule has 1 aromatic heterocycles. The van der Waals surface area contributed by atoms with Crippen molar-refractivity contribution >= 4 is 51.4 Å². The van der Waals surface area contributed by atoms with Gasteiger partial charge in [0.05, 0.1) is 16.4 Å². The lowest BCUT2D eigenvalue weighted by Crippen LogP contribution is -2.13. The number of aromatic nitrogens is 1. The van der Waals surface area contributed by atoms with E-state index in [1.54, 1.807) is 41.8 Å². The summed E-state index contributed by atoms with van der Waals surface area (Å²) in [6.45, 7) is 1.97. The van der Waals surface area contributed by atoms with Crippen LogP contribution in [0.1, 0.15) is 15.9 Å². The topological polar surface area (TPSA) is 114 Å². The van der Waals surface area contributed by atoms with Crippen molar-refractivity contribution in [3.8, 4) is 11.3 Å². The van der Waals surface area contributed by atoms with Gasteiger partial charge in [0.1, 0.15) is 0 Å². The maximum absolute atomic E-state index is 12.4. The summed E-state index contributed by atoms with van der Waals surface area (Å²) >= 11 is 2.61. The minimum atomic E-state index is -0.458. The molecule has 3 aromatic carbocycles. The number of thiazole rings is 1. The fourth-order valence-electron chi connectivity index (χ4n) is 3.09. The van der Waals surface area contributed by atoms with Crippen molar-refractivity contribution in [2.75, 3.05) is 16.4 Å². The molecular formula is C25H20N4O4S2. The molecule has 1 heterocycles. The molecule has 2 N–H and O–H groups in total. The van der Waals surface area contributed by atoms with E-state index in [4.69, 9.17) is 0 Å². The molecule has 2 amide bonds. The highest BCUT2D eigenvalue weighted by atomic mass is 32.2. The van der Waals surface area contributed by atoms with Gasteiger partial charge in [-0.1, -0.05) is 29.8 Å². The van der Waals surface area contributed by atoms with Crippen LogP contribution in [-0.4, -0.2) is 27.5 Å². The van der Waals surface area contributed by atoms with E-state index in [0.29, 0.717) is 27.6 Å². The maximum atomic E-state index is 12.4. The highest BCUT2D eigenvalue weighted by molar-refractivity contribution is 8.00. The lowest BCUT2D eigenvalue weighted by Gasteiger charge is -2.07. The van der Waals surface area contributed by atoms with E-state index in [1.807, 2.05) is 31.2 Å². The molecule has 0 spiro atoms. The molecule has 0 aliphatic heterocycles. The number of hydrogen-bond acceptors (Lipinski definition) is 7. The van der Waals surface area contributed by atoms with E-state index < -0.39 is 4.92 Å². The number of carbonyl (C=O) groups excluding carboxylic acids is 2. The average molecular weight is 505 g/mol. The molecule has 10 heteroatoms. The number of nitrogens with one attached hydrogen (secondary N) is 2. The molecule has 4 rings (SSSR count). The lowest BCUT2D eigenvalue weighted by atomic mass is 10.1. The van der Waals surface area contributed by atoms with Crippen LogP contribution in [0.25, 0.3) is 11.3 Å². The van der Waals surface area contributed by atoms with Gasteiger partial charge < -0.3 is 10.6 Å². The Morgan fingerprint density at radius 3 is 2.49 bits per heavy atom. The molecule has 0 saturated carbocycles. The Hall–Kier alpha value is -4.02. The Kier molecular flexibility index (Phi) is 7.54. The number of nitro groups is 1. The van der Waals surface area contributed by atoms with Crippen LogP contribution in [0.3, 0.4) is 0 Å². The third kappa shape index (κ3) is 6.52. The largest absolute Gasteiger partial charge is 0.322 e. The van der Waals surface area contributed by atoms with Crippen LogP contribution >= 0.6 is 23.1 Å². The molecule has 0 aliphatic carbocycles. The van der Waals surface area contributed by atoms with Gasteiger partial charge in [0, 0.05) is 39.2 Å². The highest BCUT2D eigenvalue weighted by Gasteiger charge is 2.12. The van der Waals surface area contributed by atoms with Crippen LogP contribution in [0.5, 0.6) is 0 Å². The SMILES string of the molecule is Cc1ccc(C(=O)Nc2ccc(SCC(=O)Nc3nc(-c4cccc([N+](=O)[O-])c4)cs3)cc2)cc1. The Balaban J connectivity index is 1.28. The number of non-ortho nitro benzene ring substituents is 1. The van der Waals surface area contributed by atoms with E-state index in [1.165, 1.54) is 35.2 Å². The number of rotatable bonds is 8. The van der Waals surface area contributed by atoms with E-state index >= 15 is 0 Å². The van der Waals surface area contributed by atoms with Crippen molar-refractivity contribution in [1.29, 1.82) is 0 Å². The van der Waals surface area contributed by atoms with E-state index in [0.717, 1.165) is 10.5 Å². The number of aryl methyl sites for hydroxylation is 1. The zero-order chi connectivity index (χ0) is 24.8. The van der Waals surface area contributed by atoms with Crippen molar-refractivity contribution in [3.05, 3.63) is 99.4 Å². The quantitative estimate of drug-likeness (QED) is 0.173. The number of amides is 2. The Bertz CT molecular complexity index is 1370. The van der Waals surface area contributed by atoms with Gasteiger partial charge in [-0.2, -0.15) is 0 Å². The summed E-state index contributed by atoms with van der Waals surface area (Å²) in [5.41, 5.74) is 3.50. The maximum Gasteiger partial charge on any atom is 0.270 e. The summed E-state index contributed by atoms with van der Waals surface area (Å²) in [7, 11) is 0. The molecule has 176 valence electrons. The first-order valence-corrected chi connectivity index (χ1v) is 12.3. The molecule has 0 fully saturated rings. The number of carbonyl (C=O) groups is 2. The summed E-state index contributed by atoms with van der Waals surface area (Å²) < 4.78 is 0. The smallest absolute Gasteiger partial charge is 0.270 e. The Morgan fingerprint density at radius 1 is 1.03 bits per heavy atom. The number of thioether (sulfide) groups is 1. The zero-order valence-corrected chi connectivity index (χ0v) is 20.2. The fraction of sp³-hybridized carbons (Fsp3) is 0.0800. The predicted octanol–water partition coefficient (Wildman–Crippen LogP) is 6.01. The first-order chi connectivity index (χ1) is 16.9. The van der Waals surface area contributed by atoms with Gasteiger partial charge in [0.15, 0.2) is 5.13 Å². The fourth-order valence-corrected chi connectivity index (χ4v) is 4.52. The van der Waals surface area contributed by atoms with Crippen LogP contribution in [-0.2, 0) is 4.79 Å². The second-order valence-electron chi connectivity index (χ2n) is 7.53. The third-order valence-corrected chi connectivity index (χ3v) is 6.67. The molecular weight excluding hydrogens is 484 g/mol. The van der Waals surface area contributed by atoms with E-state index in [9.17, 15) is 19.7 Å². The number of anilines is 2. The van der Waals surface area contributed by atoms with E-state index in [-0.39, 0.29) is 23.3 Å². The molecule has 0 aliphatic rings. The van der Waals surface area contributed by atoms with Crippen molar-refractivity contribution in [2.45, 2.75) is 11.8 Å². The summed E-state index contributed by atoms with van der Waals surface area (Å²) in [6.07, 6.45) is 0. The molecule has 4 aromatic rings. The van der Waals surface area contributed by atoms with Gasteiger partial charge in [-0.15, -0.1) is 23.1 Å². The van der Waals surface area contributed by atoms with Crippen LogP contribution in [0.2, 0.25) is 0 Å². The number of hydrogen-bond donors (Lipinski definition) is 2. The van der Waals surface area contributed by atoms with Crippen molar-refractivity contribution in [2.24, 2.45) is 0 Å². The van der Waals surface area contributed by atoms with Gasteiger partial charge in [0.2, 0.25) is 5.91 Å².